The minimum absolute atomic E-state index is 0.0666. The van der Waals surface area contributed by atoms with Crippen molar-refractivity contribution in [3.63, 3.8) is 0 Å². The fourth-order valence-corrected chi connectivity index (χ4v) is 3.18. The number of nitrogens with zero attached hydrogens (tertiary/aromatic N) is 3. The van der Waals surface area contributed by atoms with E-state index < -0.39 is 15.0 Å². The van der Waals surface area contributed by atoms with Gasteiger partial charge in [-0.05, 0) is 30.7 Å². The topological polar surface area (TPSA) is 199 Å². The highest BCUT2D eigenvalue weighted by Gasteiger charge is 2.16. The molecule has 0 radical (unpaired) electrons. The van der Waals surface area contributed by atoms with Crippen LogP contribution in [0.5, 0.6) is 0 Å². The number of anilines is 2. The molecule has 1 heterocycles. The molecule has 1 aromatic heterocycles. The number of aryl methyl sites for hydroxylation is 1. The summed E-state index contributed by atoms with van der Waals surface area (Å²) in [5.41, 5.74) is 7.38. The molecule has 0 atom stereocenters. The van der Waals surface area contributed by atoms with Crippen LogP contribution in [0.15, 0.2) is 76.7 Å². The number of hydrogen-bond donors (Lipinski definition) is 5. The largest absolute Gasteiger partial charge is 0.386 e. The van der Waals surface area contributed by atoms with E-state index in [0.29, 0.717) is 31.2 Å². The third kappa shape index (κ3) is 9.27. The highest BCUT2D eigenvalue weighted by molar-refractivity contribution is 7.85. The predicted octanol–water partition coefficient (Wildman–Crippen LogP) is 2.88. The van der Waals surface area contributed by atoms with E-state index in [2.05, 4.69) is 20.7 Å². The van der Waals surface area contributed by atoms with Gasteiger partial charge in [0, 0.05) is 25.6 Å². The predicted molar refractivity (Wildman–Crippen MR) is 135 cm³/mol. The molecule has 0 spiro atoms. The molecule has 13 heteroatoms. The third-order valence-corrected chi connectivity index (χ3v) is 5.41. The number of hydrazone groups is 1. The second-order valence-corrected chi connectivity index (χ2v) is 8.67. The molecule has 2 aromatic carbocycles. The van der Waals surface area contributed by atoms with Crippen LogP contribution in [0.25, 0.3) is 0 Å². The first-order valence-corrected chi connectivity index (χ1v) is 11.8. The summed E-state index contributed by atoms with van der Waals surface area (Å²) in [6.07, 6.45) is 0.446. The number of aromatic nitrogens is 1. The Labute approximate surface area is 203 Å². The zero-order valence-electron chi connectivity index (χ0n) is 19.0. The summed E-state index contributed by atoms with van der Waals surface area (Å²) in [5.74, 6) is 6.07. The molecule has 0 aliphatic heterocycles. The van der Waals surface area contributed by atoms with Gasteiger partial charge in [-0.15, -0.1) is 0 Å². The second kappa shape index (κ2) is 12.9. The summed E-state index contributed by atoms with van der Waals surface area (Å²) >= 11 is 0. The maximum Gasteiger partial charge on any atom is 0.311 e. The summed E-state index contributed by atoms with van der Waals surface area (Å²) in [6, 6.07) is 18.5. The van der Waals surface area contributed by atoms with Gasteiger partial charge in [-0.25, -0.2) is 4.98 Å². The summed E-state index contributed by atoms with van der Waals surface area (Å²) in [5, 5.41) is 20.5. The van der Waals surface area contributed by atoms with Gasteiger partial charge in [0.1, 0.15) is 11.7 Å². The van der Waals surface area contributed by atoms with Crippen molar-refractivity contribution in [2.75, 3.05) is 17.2 Å². The molecule has 3 rings (SSSR count). The first-order valence-electron chi connectivity index (χ1n) is 10.3. The van der Waals surface area contributed by atoms with Crippen LogP contribution in [0.1, 0.15) is 17.5 Å². The molecule has 0 fully saturated rings. The number of nitrogens with two attached hydrogens (primary N) is 2. The molecule has 0 aliphatic carbocycles. The maximum absolute atomic E-state index is 11.1. The summed E-state index contributed by atoms with van der Waals surface area (Å²) in [6.45, 7) is 2.74. The Morgan fingerprint density at radius 2 is 1.74 bits per heavy atom. The van der Waals surface area contributed by atoms with Gasteiger partial charge in [0.15, 0.2) is 0 Å². The molecular formula is C22H27N7O5S. The Bertz CT molecular complexity index is 1250. The van der Waals surface area contributed by atoms with Crippen LogP contribution in [0.3, 0.4) is 0 Å². The smallest absolute Gasteiger partial charge is 0.311 e. The fraction of sp³-hybridized carbons (Fsp3) is 0.182. The average molecular weight is 502 g/mol. The number of hydrogen-bond acceptors (Lipinski definition) is 9. The molecule has 35 heavy (non-hydrogen) atoms. The number of pyridine rings is 1. The van der Waals surface area contributed by atoms with Crippen LogP contribution < -0.4 is 22.2 Å². The van der Waals surface area contributed by atoms with Gasteiger partial charge in [0.05, 0.1) is 9.82 Å². The average Bonchev–Trinajstić information content (AvgIpc) is 2.83. The van der Waals surface area contributed by atoms with Crippen molar-refractivity contribution < 1.29 is 17.9 Å². The quantitative estimate of drug-likeness (QED) is 0.0725. The number of nitro groups is 1. The zero-order valence-corrected chi connectivity index (χ0v) is 19.8. The van der Waals surface area contributed by atoms with Gasteiger partial charge in [-0.1, -0.05) is 48.0 Å². The van der Waals surface area contributed by atoms with E-state index in [0.717, 1.165) is 11.1 Å². The minimum atomic E-state index is -4.02. The zero-order chi connectivity index (χ0) is 25.8. The van der Waals surface area contributed by atoms with E-state index in [1.165, 1.54) is 18.2 Å². The molecule has 0 saturated heterocycles. The normalized spacial score (nSPS) is 11.2. The van der Waals surface area contributed by atoms with E-state index in [1.807, 2.05) is 37.3 Å². The lowest BCUT2D eigenvalue weighted by molar-refractivity contribution is -0.384. The molecule has 0 saturated carbocycles. The molecule has 3 aromatic rings. The van der Waals surface area contributed by atoms with Gasteiger partial charge in [-0.3, -0.25) is 14.7 Å². The Morgan fingerprint density at radius 3 is 2.31 bits per heavy atom. The van der Waals surface area contributed by atoms with Gasteiger partial charge in [0.25, 0.3) is 10.1 Å². The van der Waals surface area contributed by atoms with Crippen molar-refractivity contribution in [1.82, 2.24) is 4.98 Å². The molecule has 7 N–H and O–H groups in total. The fourth-order valence-electron chi connectivity index (χ4n) is 2.70. The first kappa shape index (κ1) is 27.0. The summed E-state index contributed by atoms with van der Waals surface area (Å²) in [7, 11) is -4.02. The van der Waals surface area contributed by atoms with Crippen LogP contribution in [0.4, 0.5) is 17.3 Å². The highest BCUT2D eigenvalue weighted by Crippen LogP contribution is 2.24. The van der Waals surface area contributed by atoms with Crippen LogP contribution in [-0.4, -0.2) is 35.3 Å². The van der Waals surface area contributed by atoms with E-state index in [9.17, 15) is 18.5 Å². The molecule has 0 unspecified atom stereocenters. The van der Waals surface area contributed by atoms with E-state index in [4.69, 9.17) is 16.1 Å². The van der Waals surface area contributed by atoms with Crippen molar-refractivity contribution in [1.29, 1.82) is 0 Å². The second-order valence-electron chi connectivity index (χ2n) is 7.25. The van der Waals surface area contributed by atoms with Crippen molar-refractivity contribution in [3.8, 4) is 0 Å². The first-order chi connectivity index (χ1) is 16.6. The monoisotopic (exact) mass is 501 g/mol. The van der Waals surface area contributed by atoms with Crippen molar-refractivity contribution in [3.05, 3.63) is 88.0 Å². The molecule has 0 aliphatic rings. The van der Waals surface area contributed by atoms with Crippen LogP contribution in [0.2, 0.25) is 0 Å². The number of benzene rings is 2. The van der Waals surface area contributed by atoms with Crippen LogP contribution >= 0.6 is 0 Å². The Hall–Kier alpha value is -4.23. The third-order valence-electron chi connectivity index (χ3n) is 4.55. The Morgan fingerprint density at radius 1 is 1.09 bits per heavy atom. The molecule has 0 bridgehead atoms. The van der Waals surface area contributed by atoms with Crippen molar-refractivity contribution in [2.45, 2.75) is 24.8 Å². The van der Waals surface area contributed by atoms with Crippen LogP contribution in [-0.2, 0) is 16.7 Å². The molecule has 0 amide bonds. The Balaban J connectivity index is 0.000000328. The molecular weight excluding hydrogens is 474 g/mol. The summed E-state index contributed by atoms with van der Waals surface area (Å²) in [4.78, 5) is 14.9. The maximum atomic E-state index is 11.1. The number of nitrogens with one attached hydrogen (secondary N) is 2. The lowest BCUT2D eigenvalue weighted by atomic mass is 10.2. The van der Waals surface area contributed by atoms with Gasteiger partial charge in [-0.2, -0.15) is 13.5 Å². The van der Waals surface area contributed by atoms with Crippen molar-refractivity contribution in [2.24, 2.45) is 16.7 Å². The number of rotatable bonds is 9. The molecule has 12 nitrogen and oxygen atoms in total. The highest BCUT2D eigenvalue weighted by atomic mass is 32.2. The SMILES string of the molecule is Cc1ccc(S(=O)(=O)O)cc1.NN=C(N)CCNc1ccc([N+](=O)[O-])c(NCc2ccccc2)n1. The Kier molecular flexibility index (Phi) is 9.93. The molecule has 186 valence electrons. The van der Waals surface area contributed by atoms with Gasteiger partial charge in [0.2, 0.25) is 5.82 Å². The minimum Gasteiger partial charge on any atom is -0.386 e. The van der Waals surface area contributed by atoms with Crippen molar-refractivity contribution >= 4 is 33.3 Å². The lowest BCUT2D eigenvalue weighted by Crippen LogP contribution is -2.18. The van der Waals surface area contributed by atoms with Crippen LogP contribution in [0, 0.1) is 17.0 Å². The van der Waals surface area contributed by atoms with E-state index in [-0.39, 0.29) is 16.4 Å². The number of amidine groups is 1. The van der Waals surface area contributed by atoms with Gasteiger partial charge >= 0.3 is 5.69 Å². The van der Waals surface area contributed by atoms with E-state index in [1.54, 1.807) is 18.2 Å². The summed E-state index contributed by atoms with van der Waals surface area (Å²) < 4.78 is 29.6. The van der Waals surface area contributed by atoms with E-state index >= 15 is 0 Å². The standard InChI is InChI=1S/C15H19N7O2.C7H8O3S/c16-13(21-17)8-9-18-14-7-6-12(22(23)24)15(20-14)19-10-11-4-2-1-3-5-11;1-6-2-4-7(5-3-6)11(8,9)10/h1-7H,8-10,17H2,(H2,16,21)(H2,18,19,20);2-5H,1H3,(H,8,9,10). The lowest BCUT2D eigenvalue weighted by Gasteiger charge is -2.10. The van der Waals surface area contributed by atoms with Gasteiger partial charge < -0.3 is 22.2 Å².